The van der Waals surface area contributed by atoms with Gasteiger partial charge in [0.2, 0.25) is 5.91 Å². The Morgan fingerprint density at radius 2 is 1.83 bits per heavy atom. The smallest absolute Gasteiger partial charge is 0.251 e. The number of nitrogens with zero attached hydrogens (tertiary/aromatic N) is 2. The number of rotatable bonds is 5. The Morgan fingerprint density at radius 1 is 1.10 bits per heavy atom. The molecule has 3 aliphatic rings. The lowest BCUT2D eigenvalue weighted by atomic mass is 9.79. The van der Waals surface area contributed by atoms with Crippen molar-refractivity contribution >= 4 is 29.3 Å². The first-order valence-corrected chi connectivity index (χ1v) is 10.9. The number of amides is 2. The quantitative estimate of drug-likeness (QED) is 0.790. The van der Waals surface area contributed by atoms with Crippen LogP contribution < -0.4 is 10.6 Å². The molecule has 0 unspecified atom stereocenters. The van der Waals surface area contributed by atoms with Gasteiger partial charge in [-0.3, -0.25) is 19.5 Å². The van der Waals surface area contributed by atoms with E-state index < -0.39 is 0 Å². The highest BCUT2D eigenvalue weighted by atomic mass is 32.2. The van der Waals surface area contributed by atoms with Crippen molar-refractivity contribution in [1.82, 2.24) is 15.2 Å². The van der Waals surface area contributed by atoms with Gasteiger partial charge in [0.1, 0.15) is 0 Å². The third-order valence-electron chi connectivity index (χ3n) is 5.86. The minimum absolute atomic E-state index is 0.00136. The monoisotopic (exact) mass is 410 g/mol. The number of anilines is 1. The second kappa shape index (κ2) is 8.55. The van der Waals surface area contributed by atoms with Gasteiger partial charge in [0, 0.05) is 40.6 Å². The number of pyridine rings is 1. The van der Waals surface area contributed by atoms with Crippen molar-refractivity contribution in [2.45, 2.75) is 48.6 Å². The predicted molar refractivity (Wildman–Crippen MR) is 114 cm³/mol. The molecule has 4 heterocycles. The first-order chi connectivity index (χ1) is 14.0. The Bertz CT molecular complexity index is 892. The fourth-order valence-corrected chi connectivity index (χ4v) is 5.18. The molecular weight excluding hydrogens is 384 g/mol. The minimum atomic E-state index is -0.123. The van der Waals surface area contributed by atoms with Crippen LogP contribution in [0.25, 0.3) is 0 Å². The summed E-state index contributed by atoms with van der Waals surface area (Å²) in [4.78, 5) is 32.6. The summed E-state index contributed by atoms with van der Waals surface area (Å²) in [6.07, 6.45) is 5.73. The summed E-state index contributed by atoms with van der Waals surface area (Å²) in [5.41, 5.74) is 1.35. The van der Waals surface area contributed by atoms with Gasteiger partial charge in [0.25, 0.3) is 5.91 Å². The molecule has 0 radical (unpaired) electrons. The van der Waals surface area contributed by atoms with Crippen LogP contribution in [0, 0.1) is 5.92 Å². The van der Waals surface area contributed by atoms with Crippen LogP contribution in [0.1, 0.15) is 37.0 Å². The number of piperidine rings is 3. The molecule has 6 nitrogen and oxygen atoms in total. The van der Waals surface area contributed by atoms with Crippen molar-refractivity contribution in [3.05, 3.63) is 48.3 Å². The molecular formula is C22H26N4O2S. The van der Waals surface area contributed by atoms with Crippen LogP contribution in [0.4, 0.5) is 5.69 Å². The second-order valence-electron chi connectivity index (χ2n) is 7.83. The highest BCUT2D eigenvalue weighted by Gasteiger charge is 2.40. The lowest BCUT2D eigenvalue weighted by molar-refractivity contribution is -0.114. The first kappa shape index (κ1) is 19.9. The van der Waals surface area contributed by atoms with Gasteiger partial charge in [0.05, 0.1) is 11.9 Å². The van der Waals surface area contributed by atoms with Crippen LogP contribution in [0.15, 0.2) is 52.5 Å². The molecule has 2 amide bonds. The van der Waals surface area contributed by atoms with Gasteiger partial charge in [-0.05, 0) is 69.1 Å². The van der Waals surface area contributed by atoms with E-state index in [1.165, 1.54) is 19.8 Å². The van der Waals surface area contributed by atoms with Crippen molar-refractivity contribution in [1.29, 1.82) is 0 Å². The summed E-state index contributed by atoms with van der Waals surface area (Å²) in [6, 6.07) is 10.2. The molecule has 29 heavy (non-hydrogen) atoms. The average Bonchev–Trinajstić information content (AvgIpc) is 2.71. The zero-order valence-corrected chi connectivity index (χ0v) is 17.5. The molecule has 0 spiro atoms. The van der Waals surface area contributed by atoms with Gasteiger partial charge < -0.3 is 10.6 Å². The summed E-state index contributed by atoms with van der Waals surface area (Å²) < 4.78 is 0. The van der Waals surface area contributed by atoms with Crippen molar-refractivity contribution < 1.29 is 9.59 Å². The number of carbonyl (C=O) groups excluding carboxylic acids is 2. The summed E-state index contributed by atoms with van der Waals surface area (Å²) in [7, 11) is 0. The van der Waals surface area contributed by atoms with Crippen molar-refractivity contribution in [2.24, 2.45) is 5.92 Å². The van der Waals surface area contributed by atoms with E-state index in [1.54, 1.807) is 24.2 Å². The first-order valence-electron chi connectivity index (χ1n) is 10.0. The van der Waals surface area contributed by atoms with Crippen molar-refractivity contribution in [3.8, 4) is 0 Å². The molecule has 3 saturated heterocycles. The largest absolute Gasteiger partial charge is 0.347 e. The maximum Gasteiger partial charge on any atom is 0.251 e. The Balaban J connectivity index is 1.39. The maximum atomic E-state index is 12.8. The Hall–Kier alpha value is -2.38. The van der Waals surface area contributed by atoms with Crippen molar-refractivity contribution in [2.75, 3.05) is 18.4 Å². The Labute approximate surface area is 175 Å². The molecule has 5 rings (SSSR count). The van der Waals surface area contributed by atoms with Gasteiger partial charge in [-0.2, -0.15) is 0 Å². The van der Waals surface area contributed by atoms with Gasteiger partial charge >= 0.3 is 0 Å². The molecule has 2 N–H and O–H groups in total. The predicted octanol–water partition coefficient (Wildman–Crippen LogP) is 3.40. The number of benzene rings is 1. The van der Waals surface area contributed by atoms with Crippen LogP contribution in [0.5, 0.6) is 0 Å². The van der Waals surface area contributed by atoms with Gasteiger partial charge in [0.15, 0.2) is 0 Å². The maximum absolute atomic E-state index is 12.8. The Morgan fingerprint density at radius 3 is 2.48 bits per heavy atom. The summed E-state index contributed by atoms with van der Waals surface area (Å²) >= 11 is 1.54. The van der Waals surface area contributed by atoms with Crippen LogP contribution in [-0.4, -0.2) is 46.9 Å². The fourth-order valence-electron chi connectivity index (χ4n) is 4.34. The SMILES string of the molecule is CC(=O)Nc1cncc(Sc2ccc(C(=O)N[C@@H]3C4CCN(CC4)[C@@H]3C)cc2)c1. The highest BCUT2D eigenvalue weighted by Crippen LogP contribution is 2.32. The van der Waals surface area contributed by atoms with Crippen molar-refractivity contribution in [3.63, 3.8) is 0 Å². The van der Waals surface area contributed by atoms with Crippen LogP contribution >= 0.6 is 11.8 Å². The zero-order chi connectivity index (χ0) is 20.4. The van der Waals surface area contributed by atoms with Gasteiger partial charge in [-0.15, -0.1) is 0 Å². The standard InChI is InChI=1S/C22H26N4O2S/c1-14-21(16-7-9-26(14)10-8-16)25-22(28)17-3-5-19(6-4-17)29-20-11-18(12-23-13-20)24-15(2)27/h3-6,11-14,16,21H,7-10H2,1-2H3,(H,24,27)(H,25,28)/t14-,21+/m1/s1. The number of hydrogen-bond donors (Lipinski definition) is 2. The molecule has 2 aromatic rings. The van der Waals surface area contributed by atoms with E-state index in [0.717, 1.165) is 22.9 Å². The summed E-state index contributed by atoms with van der Waals surface area (Å²) in [6.45, 7) is 6.00. The number of fused-ring (bicyclic) bond motifs is 3. The number of aromatic nitrogens is 1. The molecule has 7 heteroatoms. The number of carbonyl (C=O) groups is 2. The third-order valence-corrected chi connectivity index (χ3v) is 6.83. The molecule has 3 fully saturated rings. The number of nitrogens with one attached hydrogen (secondary N) is 2. The lowest BCUT2D eigenvalue weighted by Gasteiger charge is -2.49. The van der Waals surface area contributed by atoms with E-state index in [2.05, 4.69) is 27.4 Å². The molecule has 0 saturated carbocycles. The van der Waals surface area contributed by atoms with E-state index in [-0.39, 0.29) is 17.9 Å². The zero-order valence-electron chi connectivity index (χ0n) is 16.7. The lowest BCUT2D eigenvalue weighted by Crippen LogP contribution is -2.62. The number of hydrogen-bond acceptors (Lipinski definition) is 5. The topological polar surface area (TPSA) is 74.3 Å². The summed E-state index contributed by atoms with van der Waals surface area (Å²) in [5, 5.41) is 6.01. The van der Waals surface area contributed by atoms with Crippen LogP contribution in [-0.2, 0) is 4.79 Å². The second-order valence-corrected chi connectivity index (χ2v) is 8.98. The third kappa shape index (κ3) is 4.62. The van der Waals surface area contributed by atoms with E-state index in [1.807, 2.05) is 30.3 Å². The Kier molecular flexibility index (Phi) is 5.87. The van der Waals surface area contributed by atoms with E-state index >= 15 is 0 Å². The molecule has 2 atom stereocenters. The molecule has 1 aromatic carbocycles. The minimum Gasteiger partial charge on any atom is -0.347 e. The molecule has 0 aliphatic carbocycles. The fraction of sp³-hybridized carbons (Fsp3) is 0.409. The highest BCUT2D eigenvalue weighted by molar-refractivity contribution is 7.99. The van der Waals surface area contributed by atoms with E-state index in [9.17, 15) is 9.59 Å². The van der Waals surface area contributed by atoms with E-state index in [4.69, 9.17) is 0 Å². The molecule has 2 bridgehead atoms. The molecule has 152 valence electrons. The van der Waals surface area contributed by atoms with Gasteiger partial charge in [-0.25, -0.2) is 0 Å². The summed E-state index contributed by atoms with van der Waals surface area (Å²) in [5.74, 6) is 0.472. The van der Waals surface area contributed by atoms with Gasteiger partial charge in [-0.1, -0.05) is 11.8 Å². The van der Waals surface area contributed by atoms with E-state index in [0.29, 0.717) is 23.2 Å². The van der Waals surface area contributed by atoms with Crippen LogP contribution in [0.3, 0.4) is 0 Å². The molecule has 3 aliphatic heterocycles. The average molecular weight is 411 g/mol. The molecule has 1 aromatic heterocycles. The van der Waals surface area contributed by atoms with Crippen LogP contribution in [0.2, 0.25) is 0 Å². The normalized spacial score (nSPS) is 25.4.